The van der Waals surface area contributed by atoms with Gasteiger partial charge in [-0.1, -0.05) is 47.5 Å². The van der Waals surface area contributed by atoms with E-state index >= 15 is 0 Å². The highest BCUT2D eigenvalue weighted by molar-refractivity contribution is 9.10. The van der Waals surface area contributed by atoms with Crippen LogP contribution in [0.15, 0.2) is 46.9 Å². The molecule has 1 unspecified atom stereocenters. The molecule has 0 saturated heterocycles. The summed E-state index contributed by atoms with van der Waals surface area (Å²) in [6.45, 7) is 0. The predicted molar refractivity (Wildman–Crippen MR) is 82.6 cm³/mol. The first-order valence-electron chi connectivity index (χ1n) is 5.48. The van der Waals surface area contributed by atoms with Crippen molar-refractivity contribution in [3.63, 3.8) is 0 Å². The van der Waals surface area contributed by atoms with E-state index in [2.05, 4.69) is 27.3 Å². The molecule has 0 heterocycles. The minimum Gasteiger partial charge on any atom is -0.365 e. The van der Waals surface area contributed by atoms with E-state index in [1.54, 1.807) is 18.2 Å². The summed E-state index contributed by atoms with van der Waals surface area (Å²) in [6.07, 6.45) is 0. The average molecular weight is 356 g/mol. The number of nitrogens with one attached hydrogen (secondary N) is 1. The normalized spacial score (nSPS) is 11.7. The minimum absolute atomic E-state index is 0.398. The van der Waals surface area contributed by atoms with Gasteiger partial charge in [0.15, 0.2) is 0 Å². The zero-order chi connectivity index (χ0) is 13.8. The Balaban J connectivity index is 2.34. The van der Waals surface area contributed by atoms with Gasteiger partial charge in [0.1, 0.15) is 6.04 Å². The van der Waals surface area contributed by atoms with Gasteiger partial charge in [-0.2, -0.15) is 5.26 Å². The molecule has 0 fully saturated rings. The predicted octanol–water partition coefficient (Wildman–Crippen LogP) is 5.43. The molecule has 1 atom stereocenters. The van der Waals surface area contributed by atoms with Gasteiger partial charge in [0, 0.05) is 15.7 Å². The fourth-order valence-electron chi connectivity index (χ4n) is 1.66. The van der Waals surface area contributed by atoms with Crippen LogP contribution in [0.2, 0.25) is 10.0 Å². The lowest BCUT2D eigenvalue weighted by atomic mass is 10.1. The molecule has 1 N–H and O–H groups in total. The molecule has 0 radical (unpaired) electrons. The fourth-order valence-corrected chi connectivity index (χ4v) is 2.47. The van der Waals surface area contributed by atoms with Crippen molar-refractivity contribution in [2.45, 2.75) is 6.04 Å². The molecule has 19 heavy (non-hydrogen) atoms. The number of hydrogen-bond donors (Lipinski definition) is 1. The number of halogens is 3. The van der Waals surface area contributed by atoms with Gasteiger partial charge >= 0.3 is 0 Å². The molecule has 2 aromatic carbocycles. The fraction of sp³-hybridized carbons (Fsp3) is 0.0714. The smallest absolute Gasteiger partial charge is 0.141 e. The van der Waals surface area contributed by atoms with Gasteiger partial charge in [-0.25, -0.2) is 0 Å². The highest BCUT2D eigenvalue weighted by Gasteiger charge is 2.16. The maximum atomic E-state index is 9.32. The minimum atomic E-state index is -0.565. The summed E-state index contributed by atoms with van der Waals surface area (Å²) in [5, 5.41) is 13.3. The summed E-state index contributed by atoms with van der Waals surface area (Å²) in [6, 6.07) is 14.5. The molecule has 2 aromatic rings. The van der Waals surface area contributed by atoms with E-state index < -0.39 is 6.04 Å². The van der Waals surface area contributed by atoms with E-state index in [4.69, 9.17) is 23.2 Å². The molecule has 0 aliphatic rings. The summed E-state index contributed by atoms with van der Waals surface area (Å²) in [5.74, 6) is 0. The highest BCUT2D eigenvalue weighted by Crippen LogP contribution is 2.32. The largest absolute Gasteiger partial charge is 0.365 e. The van der Waals surface area contributed by atoms with Crippen LogP contribution in [0.1, 0.15) is 11.6 Å². The van der Waals surface area contributed by atoms with Gasteiger partial charge in [-0.3, -0.25) is 0 Å². The Morgan fingerprint density at radius 1 is 1.11 bits per heavy atom. The van der Waals surface area contributed by atoms with Crippen molar-refractivity contribution in [1.29, 1.82) is 5.26 Å². The van der Waals surface area contributed by atoms with Crippen molar-refractivity contribution in [3.05, 3.63) is 62.5 Å². The first kappa shape index (κ1) is 14.2. The van der Waals surface area contributed by atoms with Crippen LogP contribution in [-0.2, 0) is 0 Å². The molecule has 2 rings (SSSR count). The van der Waals surface area contributed by atoms with Gasteiger partial charge in [0.2, 0.25) is 0 Å². The van der Waals surface area contributed by atoms with Crippen LogP contribution in [0.3, 0.4) is 0 Å². The lowest BCUT2D eigenvalue weighted by Gasteiger charge is -2.16. The number of anilines is 1. The molecule has 2 nitrogen and oxygen atoms in total. The van der Waals surface area contributed by atoms with Crippen molar-refractivity contribution < 1.29 is 0 Å². The van der Waals surface area contributed by atoms with E-state index in [1.807, 2.05) is 24.3 Å². The maximum absolute atomic E-state index is 9.32. The molecule has 0 saturated carbocycles. The van der Waals surface area contributed by atoms with Crippen molar-refractivity contribution in [2.75, 3.05) is 5.32 Å². The van der Waals surface area contributed by atoms with Crippen molar-refractivity contribution in [2.24, 2.45) is 0 Å². The second kappa shape index (κ2) is 6.29. The van der Waals surface area contributed by atoms with Crippen molar-refractivity contribution in [1.82, 2.24) is 0 Å². The topological polar surface area (TPSA) is 35.8 Å². The molecule has 0 aliphatic carbocycles. The summed E-state index contributed by atoms with van der Waals surface area (Å²) in [7, 11) is 0. The van der Waals surface area contributed by atoms with E-state index in [1.165, 1.54) is 0 Å². The Hall–Kier alpha value is -1.21. The number of nitrogens with zero attached hydrogens (tertiary/aromatic N) is 1. The van der Waals surface area contributed by atoms with Crippen LogP contribution in [-0.4, -0.2) is 0 Å². The van der Waals surface area contributed by atoms with Gasteiger partial charge in [0.25, 0.3) is 0 Å². The molecule has 0 spiro atoms. The zero-order valence-corrected chi connectivity index (χ0v) is 12.8. The average Bonchev–Trinajstić information content (AvgIpc) is 2.41. The van der Waals surface area contributed by atoms with Crippen LogP contribution in [0, 0.1) is 11.3 Å². The Kier molecular flexibility index (Phi) is 4.71. The molecular weight excluding hydrogens is 347 g/mol. The van der Waals surface area contributed by atoms with E-state index in [-0.39, 0.29) is 0 Å². The summed E-state index contributed by atoms with van der Waals surface area (Å²) in [5.41, 5.74) is 1.48. The van der Waals surface area contributed by atoms with Crippen LogP contribution in [0.25, 0.3) is 0 Å². The third-order valence-electron chi connectivity index (χ3n) is 2.60. The second-order valence-corrected chi connectivity index (χ2v) is 5.47. The van der Waals surface area contributed by atoms with Crippen LogP contribution < -0.4 is 5.32 Å². The standard InChI is InChI=1S/C14H9BrCl2N2/c15-10-5-1-2-7-12(10)19-13(8-18)9-4-3-6-11(16)14(9)17/h1-7,13,19H. The number of para-hydroxylation sites is 1. The number of hydrogen-bond acceptors (Lipinski definition) is 2. The van der Waals surface area contributed by atoms with Gasteiger partial charge in [0.05, 0.1) is 16.1 Å². The summed E-state index contributed by atoms with van der Waals surface area (Å²) < 4.78 is 0.883. The third-order valence-corrected chi connectivity index (χ3v) is 4.12. The van der Waals surface area contributed by atoms with Crippen LogP contribution in [0.5, 0.6) is 0 Å². The van der Waals surface area contributed by atoms with E-state index in [9.17, 15) is 5.26 Å². The first-order valence-corrected chi connectivity index (χ1v) is 7.03. The Bertz CT molecular complexity index is 638. The molecular formula is C14H9BrCl2N2. The monoisotopic (exact) mass is 354 g/mol. The Labute approximate surface area is 130 Å². The lowest BCUT2D eigenvalue weighted by Crippen LogP contribution is -2.09. The molecule has 0 aliphatic heterocycles. The summed E-state index contributed by atoms with van der Waals surface area (Å²) in [4.78, 5) is 0. The number of rotatable bonds is 3. The van der Waals surface area contributed by atoms with Crippen LogP contribution in [0.4, 0.5) is 5.69 Å². The summed E-state index contributed by atoms with van der Waals surface area (Å²) >= 11 is 15.5. The Morgan fingerprint density at radius 2 is 1.84 bits per heavy atom. The first-order chi connectivity index (χ1) is 9.13. The highest BCUT2D eigenvalue weighted by atomic mass is 79.9. The van der Waals surface area contributed by atoms with Gasteiger partial charge in [-0.05, 0) is 34.1 Å². The number of benzene rings is 2. The van der Waals surface area contributed by atoms with E-state index in [0.717, 1.165) is 10.2 Å². The SMILES string of the molecule is N#CC(Nc1ccccc1Br)c1cccc(Cl)c1Cl. The van der Waals surface area contributed by atoms with Gasteiger partial charge in [-0.15, -0.1) is 0 Å². The van der Waals surface area contributed by atoms with Crippen molar-refractivity contribution >= 4 is 44.8 Å². The quantitative estimate of drug-likeness (QED) is 0.796. The third kappa shape index (κ3) is 3.22. The molecule has 5 heteroatoms. The molecule has 0 aromatic heterocycles. The van der Waals surface area contributed by atoms with Crippen LogP contribution >= 0.6 is 39.1 Å². The number of nitriles is 1. The molecule has 0 bridgehead atoms. The zero-order valence-electron chi connectivity index (χ0n) is 9.70. The molecule has 0 amide bonds. The maximum Gasteiger partial charge on any atom is 0.141 e. The van der Waals surface area contributed by atoms with Crippen molar-refractivity contribution in [3.8, 4) is 6.07 Å². The molecule has 96 valence electrons. The lowest BCUT2D eigenvalue weighted by molar-refractivity contribution is 0.996. The van der Waals surface area contributed by atoms with E-state index in [0.29, 0.717) is 15.6 Å². The van der Waals surface area contributed by atoms with Gasteiger partial charge < -0.3 is 5.32 Å². The second-order valence-electron chi connectivity index (χ2n) is 3.83. The Morgan fingerprint density at radius 3 is 2.53 bits per heavy atom.